The van der Waals surface area contributed by atoms with Gasteiger partial charge in [0, 0.05) is 23.9 Å². The van der Waals surface area contributed by atoms with Gasteiger partial charge in [0.25, 0.3) is 0 Å². The molecule has 2 nitrogen and oxygen atoms in total. The number of pyridine rings is 1. The Labute approximate surface area is 115 Å². The predicted molar refractivity (Wildman–Crippen MR) is 80.4 cm³/mol. The molecule has 1 N–H and O–H groups in total. The molecule has 100 valence electrons. The molecule has 1 aromatic carbocycles. The van der Waals surface area contributed by atoms with Crippen LogP contribution in [0.15, 0.2) is 42.6 Å². The van der Waals surface area contributed by atoms with Crippen molar-refractivity contribution in [3.8, 4) is 0 Å². The van der Waals surface area contributed by atoms with Gasteiger partial charge in [-0.05, 0) is 49.7 Å². The van der Waals surface area contributed by atoms with Gasteiger partial charge in [0.15, 0.2) is 0 Å². The maximum absolute atomic E-state index is 4.49. The lowest BCUT2D eigenvalue weighted by atomic mass is 9.86. The molecule has 0 saturated carbocycles. The number of aryl methyl sites for hydroxylation is 2. The number of nitrogens with zero attached hydrogens (tertiary/aromatic N) is 1. The lowest BCUT2D eigenvalue weighted by Gasteiger charge is -2.26. The molecule has 0 aliphatic heterocycles. The molecule has 0 spiro atoms. The summed E-state index contributed by atoms with van der Waals surface area (Å²) in [5.41, 5.74) is 5.19. The van der Waals surface area contributed by atoms with Gasteiger partial charge in [0.05, 0.1) is 0 Å². The van der Waals surface area contributed by atoms with Crippen LogP contribution in [0.2, 0.25) is 0 Å². The number of hydrogen-bond donors (Lipinski definition) is 1. The third kappa shape index (κ3) is 2.85. The summed E-state index contributed by atoms with van der Waals surface area (Å²) in [6.45, 7) is 6.59. The molecule has 0 amide bonds. The highest BCUT2D eigenvalue weighted by Gasteiger charge is 2.22. The van der Waals surface area contributed by atoms with Crippen LogP contribution in [0.4, 0.5) is 0 Å². The summed E-state index contributed by atoms with van der Waals surface area (Å²) in [5, 5.41) is 3.46. The SMILES string of the molecule is CNC(c1c(C)cccc1C)C(C)c1ccccn1. The van der Waals surface area contributed by atoms with Gasteiger partial charge in [-0.15, -0.1) is 0 Å². The molecular weight excluding hydrogens is 232 g/mol. The highest BCUT2D eigenvalue weighted by molar-refractivity contribution is 5.38. The molecule has 2 rings (SSSR count). The van der Waals surface area contributed by atoms with Gasteiger partial charge in [-0.2, -0.15) is 0 Å². The van der Waals surface area contributed by atoms with Crippen molar-refractivity contribution in [3.05, 3.63) is 65.0 Å². The van der Waals surface area contributed by atoms with E-state index in [1.165, 1.54) is 16.7 Å². The van der Waals surface area contributed by atoms with Crippen molar-refractivity contribution >= 4 is 0 Å². The number of benzene rings is 1. The highest BCUT2D eigenvalue weighted by atomic mass is 14.9. The van der Waals surface area contributed by atoms with E-state index in [0.29, 0.717) is 5.92 Å². The van der Waals surface area contributed by atoms with E-state index in [0.717, 1.165) is 5.69 Å². The third-order valence-electron chi connectivity index (χ3n) is 3.82. The summed E-state index contributed by atoms with van der Waals surface area (Å²) in [4.78, 5) is 4.49. The first-order chi connectivity index (χ1) is 9.15. The Kier molecular flexibility index (Phi) is 4.33. The summed E-state index contributed by atoms with van der Waals surface area (Å²) in [7, 11) is 2.02. The Morgan fingerprint density at radius 1 is 1.00 bits per heavy atom. The minimum absolute atomic E-state index is 0.288. The first-order valence-corrected chi connectivity index (χ1v) is 6.79. The Morgan fingerprint density at radius 3 is 2.21 bits per heavy atom. The van der Waals surface area contributed by atoms with Crippen molar-refractivity contribution in [3.63, 3.8) is 0 Å². The van der Waals surface area contributed by atoms with Crippen LogP contribution < -0.4 is 5.32 Å². The molecule has 1 heterocycles. The second-order valence-corrected chi connectivity index (χ2v) is 5.12. The van der Waals surface area contributed by atoms with Gasteiger partial charge in [-0.1, -0.05) is 31.2 Å². The van der Waals surface area contributed by atoms with E-state index in [1.54, 1.807) is 0 Å². The topological polar surface area (TPSA) is 24.9 Å². The zero-order valence-electron chi connectivity index (χ0n) is 12.1. The van der Waals surface area contributed by atoms with Crippen molar-refractivity contribution in [1.29, 1.82) is 0 Å². The lowest BCUT2D eigenvalue weighted by Crippen LogP contribution is -2.24. The lowest BCUT2D eigenvalue weighted by molar-refractivity contribution is 0.495. The fourth-order valence-corrected chi connectivity index (χ4v) is 2.78. The van der Waals surface area contributed by atoms with E-state index in [2.05, 4.69) is 61.4 Å². The Bertz CT molecular complexity index is 514. The molecule has 0 radical (unpaired) electrons. The van der Waals surface area contributed by atoms with E-state index in [-0.39, 0.29) is 6.04 Å². The minimum atomic E-state index is 0.288. The van der Waals surface area contributed by atoms with Crippen molar-refractivity contribution in [1.82, 2.24) is 10.3 Å². The van der Waals surface area contributed by atoms with E-state index >= 15 is 0 Å². The van der Waals surface area contributed by atoms with Gasteiger partial charge >= 0.3 is 0 Å². The molecule has 2 aromatic rings. The summed E-state index contributed by atoms with van der Waals surface area (Å²) in [5.74, 6) is 0.339. The molecule has 19 heavy (non-hydrogen) atoms. The molecule has 2 atom stereocenters. The second-order valence-electron chi connectivity index (χ2n) is 5.12. The van der Waals surface area contributed by atoms with Crippen LogP contribution in [-0.2, 0) is 0 Å². The average molecular weight is 254 g/mol. The van der Waals surface area contributed by atoms with Crippen LogP contribution in [-0.4, -0.2) is 12.0 Å². The fourth-order valence-electron chi connectivity index (χ4n) is 2.78. The summed E-state index contributed by atoms with van der Waals surface area (Å²) >= 11 is 0. The van der Waals surface area contributed by atoms with Gasteiger partial charge < -0.3 is 5.32 Å². The zero-order valence-corrected chi connectivity index (χ0v) is 12.1. The Morgan fingerprint density at radius 2 is 1.68 bits per heavy atom. The summed E-state index contributed by atoms with van der Waals surface area (Å²) in [6.07, 6.45) is 1.86. The first-order valence-electron chi connectivity index (χ1n) is 6.79. The standard InChI is InChI=1S/C17H22N2/c1-12-8-7-9-13(2)16(12)17(18-4)14(3)15-10-5-6-11-19-15/h5-11,14,17-18H,1-4H3. The van der Waals surface area contributed by atoms with Crippen LogP contribution in [0.3, 0.4) is 0 Å². The third-order valence-corrected chi connectivity index (χ3v) is 3.82. The number of likely N-dealkylation sites (N-methyl/N-ethyl adjacent to an activating group) is 1. The van der Waals surface area contributed by atoms with Crippen molar-refractivity contribution < 1.29 is 0 Å². The monoisotopic (exact) mass is 254 g/mol. The predicted octanol–water partition coefficient (Wildman–Crippen LogP) is 3.76. The zero-order chi connectivity index (χ0) is 13.8. The number of nitrogens with one attached hydrogen (secondary N) is 1. The van der Waals surface area contributed by atoms with Crippen molar-refractivity contribution in [2.24, 2.45) is 0 Å². The van der Waals surface area contributed by atoms with Crippen LogP contribution in [0, 0.1) is 13.8 Å². The molecule has 1 aromatic heterocycles. The number of rotatable bonds is 4. The van der Waals surface area contributed by atoms with Crippen molar-refractivity contribution in [2.75, 3.05) is 7.05 Å². The van der Waals surface area contributed by atoms with Crippen LogP contribution >= 0.6 is 0 Å². The fraction of sp³-hybridized carbons (Fsp3) is 0.353. The number of aromatic nitrogens is 1. The Balaban J connectivity index is 2.40. The van der Waals surface area contributed by atoms with Gasteiger partial charge in [-0.25, -0.2) is 0 Å². The average Bonchev–Trinajstić information content (AvgIpc) is 2.43. The smallest absolute Gasteiger partial charge is 0.0450 e. The first kappa shape index (κ1) is 13.8. The maximum atomic E-state index is 4.49. The van der Waals surface area contributed by atoms with Crippen LogP contribution in [0.25, 0.3) is 0 Å². The molecule has 2 unspecified atom stereocenters. The molecule has 2 heteroatoms. The normalized spacial score (nSPS) is 14.1. The molecule has 0 aliphatic rings. The van der Waals surface area contributed by atoms with E-state index in [4.69, 9.17) is 0 Å². The summed E-state index contributed by atoms with van der Waals surface area (Å²) in [6, 6.07) is 12.9. The molecule has 0 aliphatic carbocycles. The molecular formula is C17H22N2. The van der Waals surface area contributed by atoms with Gasteiger partial charge in [0.2, 0.25) is 0 Å². The van der Waals surface area contributed by atoms with E-state index < -0.39 is 0 Å². The van der Waals surface area contributed by atoms with E-state index in [1.807, 2.05) is 19.3 Å². The largest absolute Gasteiger partial charge is 0.312 e. The highest BCUT2D eigenvalue weighted by Crippen LogP contribution is 2.32. The van der Waals surface area contributed by atoms with Gasteiger partial charge in [-0.3, -0.25) is 4.98 Å². The van der Waals surface area contributed by atoms with Gasteiger partial charge in [0.1, 0.15) is 0 Å². The molecule has 0 saturated heterocycles. The maximum Gasteiger partial charge on any atom is 0.0450 e. The van der Waals surface area contributed by atoms with E-state index in [9.17, 15) is 0 Å². The molecule has 0 fully saturated rings. The second kappa shape index (κ2) is 5.98. The van der Waals surface area contributed by atoms with Crippen LogP contribution in [0.5, 0.6) is 0 Å². The quantitative estimate of drug-likeness (QED) is 0.898. The summed E-state index contributed by atoms with van der Waals surface area (Å²) < 4.78 is 0. The Hall–Kier alpha value is -1.67. The minimum Gasteiger partial charge on any atom is -0.312 e. The molecule has 0 bridgehead atoms. The number of hydrogen-bond acceptors (Lipinski definition) is 2. The van der Waals surface area contributed by atoms with Crippen LogP contribution in [0.1, 0.15) is 41.3 Å². The van der Waals surface area contributed by atoms with Crippen molar-refractivity contribution in [2.45, 2.75) is 32.7 Å².